The van der Waals surface area contributed by atoms with E-state index in [0.29, 0.717) is 13.1 Å². The Morgan fingerprint density at radius 3 is 2.41 bits per heavy atom. The van der Waals surface area contributed by atoms with Gasteiger partial charge < -0.3 is 5.32 Å². The molecule has 0 fully saturated rings. The molecule has 17 heavy (non-hydrogen) atoms. The molecule has 0 aromatic carbocycles. The summed E-state index contributed by atoms with van der Waals surface area (Å²) in [4.78, 5) is 24.4. The fourth-order valence-corrected chi connectivity index (χ4v) is 1.29. The van der Waals surface area contributed by atoms with Crippen molar-refractivity contribution >= 4 is 11.9 Å². The number of nitrogens with one attached hydrogen (secondary N) is 1. The van der Waals surface area contributed by atoms with Gasteiger partial charge in [-0.3, -0.25) is 9.69 Å². The van der Waals surface area contributed by atoms with Crippen LogP contribution in [0.25, 0.3) is 0 Å². The van der Waals surface area contributed by atoms with E-state index in [1.807, 2.05) is 13.8 Å². The molecule has 0 saturated carbocycles. The van der Waals surface area contributed by atoms with Gasteiger partial charge in [0.2, 0.25) is 5.91 Å². The van der Waals surface area contributed by atoms with Gasteiger partial charge in [0, 0.05) is 13.1 Å². The Morgan fingerprint density at radius 1 is 1.24 bits per heavy atom. The number of hydrogen-bond acceptors (Lipinski definition) is 3. The van der Waals surface area contributed by atoms with E-state index in [9.17, 15) is 9.59 Å². The summed E-state index contributed by atoms with van der Waals surface area (Å²) in [6, 6.07) is 1.39. The minimum absolute atomic E-state index is 0.245. The normalized spacial score (nSPS) is 9.47. The lowest BCUT2D eigenvalue weighted by Gasteiger charge is -2.20. The van der Waals surface area contributed by atoms with E-state index in [4.69, 9.17) is 5.26 Å². The largest absolute Gasteiger partial charge is 0.338 e. The lowest BCUT2D eigenvalue weighted by molar-refractivity contribution is -0.127. The van der Waals surface area contributed by atoms with Gasteiger partial charge in [-0.1, -0.05) is 26.7 Å². The number of carbonyl (C=O) groups excluding carboxylic acids is 2. The molecule has 0 bridgehead atoms. The minimum atomic E-state index is -0.421. The highest BCUT2D eigenvalue weighted by Gasteiger charge is 2.19. The predicted molar refractivity (Wildman–Crippen MR) is 65.2 cm³/mol. The van der Waals surface area contributed by atoms with Crippen LogP contribution in [0.3, 0.4) is 0 Å². The number of carbonyl (C=O) groups is 2. The maximum Gasteiger partial charge on any atom is 0.324 e. The highest BCUT2D eigenvalue weighted by atomic mass is 16.2. The summed E-state index contributed by atoms with van der Waals surface area (Å²) in [6.45, 7) is 4.97. The monoisotopic (exact) mass is 239 g/mol. The average Bonchev–Trinajstić information content (AvgIpc) is 2.30. The van der Waals surface area contributed by atoms with E-state index in [0.717, 1.165) is 30.6 Å². The molecule has 5 heteroatoms. The van der Waals surface area contributed by atoms with Gasteiger partial charge in [0.1, 0.15) is 6.42 Å². The molecule has 1 N–H and O–H groups in total. The van der Waals surface area contributed by atoms with Crippen LogP contribution in [0, 0.1) is 11.3 Å². The molecule has 96 valence electrons. The minimum Gasteiger partial charge on any atom is -0.338 e. The molecule has 0 radical (unpaired) electrons. The highest BCUT2D eigenvalue weighted by Crippen LogP contribution is 2.00. The Hall–Kier alpha value is -1.57. The zero-order chi connectivity index (χ0) is 13.1. The van der Waals surface area contributed by atoms with Gasteiger partial charge >= 0.3 is 6.03 Å². The third-order valence-corrected chi connectivity index (χ3v) is 2.32. The number of hydrogen-bond donors (Lipinski definition) is 1. The average molecular weight is 239 g/mol. The van der Waals surface area contributed by atoms with Crippen LogP contribution in [0.2, 0.25) is 0 Å². The molecule has 0 saturated heterocycles. The second-order valence-corrected chi connectivity index (χ2v) is 3.82. The third-order valence-electron chi connectivity index (χ3n) is 2.32. The van der Waals surface area contributed by atoms with Crippen LogP contribution >= 0.6 is 0 Å². The van der Waals surface area contributed by atoms with Crippen LogP contribution in [0.1, 0.15) is 46.0 Å². The molecule has 3 amide bonds. The maximum atomic E-state index is 11.7. The van der Waals surface area contributed by atoms with Crippen molar-refractivity contribution in [2.24, 2.45) is 0 Å². The van der Waals surface area contributed by atoms with E-state index in [-0.39, 0.29) is 12.5 Å². The Bertz CT molecular complexity index is 284. The van der Waals surface area contributed by atoms with Crippen molar-refractivity contribution in [1.82, 2.24) is 10.2 Å². The fraction of sp³-hybridized carbons (Fsp3) is 0.750. The van der Waals surface area contributed by atoms with Gasteiger partial charge in [-0.15, -0.1) is 0 Å². The summed E-state index contributed by atoms with van der Waals surface area (Å²) in [5.41, 5.74) is 0. The summed E-state index contributed by atoms with van der Waals surface area (Å²) in [7, 11) is 0. The summed E-state index contributed by atoms with van der Waals surface area (Å²) in [6.07, 6.45) is 3.29. The molecule has 0 spiro atoms. The molecule has 0 rings (SSSR count). The first-order valence-electron chi connectivity index (χ1n) is 6.12. The molecule has 0 aliphatic heterocycles. The van der Waals surface area contributed by atoms with Gasteiger partial charge in [0.25, 0.3) is 0 Å². The van der Waals surface area contributed by atoms with Crippen molar-refractivity contribution in [2.45, 2.75) is 46.0 Å². The van der Waals surface area contributed by atoms with Gasteiger partial charge in [0.15, 0.2) is 0 Å². The summed E-state index contributed by atoms with van der Waals surface area (Å²) in [5, 5.41) is 11.2. The lowest BCUT2D eigenvalue weighted by atomic mass is 10.3. The molecule has 0 aliphatic rings. The van der Waals surface area contributed by atoms with Crippen LogP contribution in [0.5, 0.6) is 0 Å². The quantitative estimate of drug-likeness (QED) is 0.691. The molecule has 5 nitrogen and oxygen atoms in total. The third kappa shape index (κ3) is 6.56. The number of nitrogens with zero attached hydrogens (tertiary/aromatic N) is 2. The molecular formula is C12H21N3O2. The van der Waals surface area contributed by atoms with E-state index >= 15 is 0 Å². The lowest BCUT2D eigenvalue weighted by Crippen LogP contribution is -2.44. The van der Waals surface area contributed by atoms with Crippen molar-refractivity contribution < 1.29 is 9.59 Å². The number of amides is 3. The topological polar surface area (TPSA) is 73.2 Å². The molecule has 0 aromatic rings. The zero-order valence-electron chi connectivity index (χ0n) is 10.7. The van der Waals surface area contributed by atoms with Crippen LogP contribution in [0.15, 0.2) is 0 Å². The van der Waals surface area contributed by atoms with Crippen molar-refractivity contribution in [2.75, 3.05) is 13.1 Å². The second-order valence-electron chi connectivity index (χ2n) is 3.82. The number of rotatable bonds is 7. The van der Waals surface area contributed by atoms with Crippen LogP contribution in [-0.2, 0) is 4.79 Å². The van der Waals surface area contributed by atoms with Crippen LogP contribution in [-0.4, -0.2) is 29.9 Å². The molecule has 0 atom stereocenters. The van der Waals surface area contributed by atoms with Crippen molar-refractivity contribution in [1.29, 1.82) is 5.26 Å². The van der Waals surface area contributed by atoms with Gasteiger partial charge in [-0.05, 0) is 12.8 Å². The second kappa shape index (κ2) is 9.64. The van der Waals surface area contributed by atoms with Crippen molar-refractivity contribution in [3.63, 3.8) is 0 Å². The highest BCUT2D eigenvalue weighted by molar-refractivity contribution is 5.95. The molecule has 0 heterocycles. The Balaban J connectivity index is 4.29. The summed E-state index contributed by atoms with van der Waals surface area (Å²) >= 11 is 0. The molecular weight excluding hydrogens is 218 g/mol. The van der Waals surface area contributed by atoms with E-state index in [2.05, 4.69) is 5.32 Å². The standard InChI is InChI=1S/C12H21N3O2/c1-3-5-9-14-12(17)15(10-6-4-2)11(16)7-8-13/h3-7,9-10H2,1-2H3,(H,14,17). The van der Waals surface area contributed by atoms with E-state index in [1.54, 1.807) is 6.07 Å². The first kappa shape index (κ1) is 15.4. The van der Waals surface area contributed by atoms with E-state index < -0.39 is 5.91 Å². The first-order valence-corrected chi connectivity index (χ1v) is 6.12. The Morgan fingerprint density at radius 2 is 1.88 bits per heavy atom. The smallest absolute Gasteiger partial charge is 0.324 e. The van der Waals surface area contributed by atoms with E-state index in [1.165, 1.54) is 0 Å². The van der Waals surface area contributed by atoms with Gasteiger partial charge in [-0.2, -0.15) is 5.26 Å². The number of urea groups is 1. The molecule has 0 unspecified atom stereocenters. The molecule has 0 aromatic heterocycles. The Kier molecular flexibility index (Phi) is 8.75. The number of imide groups is 1. The Labute approximate surface area is 103 Å². The fourth-order valence-electron chi connectivity index (χ4n) is 1.29. The predicted octanol–water partition coefficient (Wildman–Crippen LogP) is 2.04. The van der Waals surface area contributed by atoms with Crippen LogP contribution < -0.4 is 5.32 Å². The van der Waals surface area contributed by atoms with Crippen molar-refractivity contribution in [3.05, 3.63) is 0 Å². The van der Waals surface area contributed by atoms with Gasteiger partial charge in [-0.25, -0.2) is 4.79 Å². The van der Waals surface area contributed by atoms with Gasteiger partial charge in [0.05, 0.1) is 6.07 Å². The summed E-state index contributed by atoms with van der Waals surface area (Å²) in [5.74, 6) is -0.421. The zero-order valence-corrected chi connectivity index (χ0v) is 10.7. The molecule has 0 aliphatic carbocycles. The maximum absolute atomic E-state index is 11.7. The SMILES string of the molecule is CCCCNC(=O)N(CCCC)C(=O)CC#N. The van der Waals surface area contributed by atoms with Crippen molar-refractivity contribution in [3.8, 4) is 6.07 Å². The first-order chi connectivity index (χ1) is 8.17. The summed E-state index contributed by atoms with van der Waals surface area (Å²) < 4.78 is 0. The number of unbranched alkanes of at least 4 members (excludes halogenated alkanes) is 2. The number of nitriles is 1. The van der Waals surface area contributed by atoms with Crippen LogP contribution in [0.4, 0.5) is 4.79 Å².